The number of aromatic nitrogens is 5. The highest BCUT2D eigenvalue weighted by atomic mass is 16.1. The third kappa shape index (κ3) is 2.56. The van der Waals surface area contributed by atoms with Gasteiger partial charge < -0.3 is 9.88 Å². The van der Waals surface area contributed by atoms with Crippen LogP contribution >= 0.6 is 0 Å². The van der Waals surface area contributed by atoms with Gasteiger partial charge in [-0.05, 0) is 12.8 Å². The summed E-state index contributed by atoms with van der Waals surface area (Å²) in [5.41, 5.74) is 0.558. The summed E-state index contributed by atoms with van der Waals surface area (Å²) in [6.07, 6.45) is 7.77. The molecular weight excluding hydrogens is 256 g/mol. The molecule has 7 heteroatoms. The van der Waals surface area contributed by atoms with Crippen LogP contribution in [0.15, 0.2) is 12.4 Å². The standard InChI is InChI=1S/C13H18N6O/c1-18-9-10(7-15-18)13(20)14-8-12-17-16-11-5-3-2-4-6-19(11)12/h7,9H,2-6,8H2,1H3,(H,14,20). The van der Waals surface area contributed by atoms with Gasteiger partial charge in [0, 0.05) is 26.2 Å². The Hall–Kier alpha value is -2.18. The van der Waals surface area contributed by atoms with Gasteiger partial charge in [-0.3, -0.25) is 9.48 Å². The van der Waals surface area contributed by atoms with Crippen LogP contribution in [-0.2, 0) is 26.6 Å². The molecule has 0 radical (unpaired) electrons. The molecule has 0 saturated carbocycles. The number of nitrogens with one attached hydrogen (secondary N) is 1. The van der Waals surface area contributed by atoms with Gasteiger partial charge in [0.05, 0.1) is 18.3 Å². The zero-order valence-electron chi connectivity index (χ0n) is 11.5. The maximum absolute atomic E-state index is 12.0. The van der Waals surface area contributed by atoms with E-state index in [-0.39, 0.29) is 5.91 Å². The third-order valence-corrected chi connectivity index (χ3v) is 3.56. The second kappa shape index (κ2) is 5.44. The maximum atomic E-state index is 12.0. The summed E-state index contributed by atoms with van der Waals surface area (Å²) in [7, 11) is 1.79. The summed E-state index contributed by atoms with van der Waals surface area (Å²) in [5, 5.41) is 15.3. The lowest BCUT2D eigenvalue weighted by atomic mass is 10.2. The van der Waals surface area contributed by atoms with Crippen molar-refractivity contribution in [3.63, 3.8) is 0 Å². The number of carbonyl (C=O) groups is 1. The molecule has 1 N–H and O–H groups in total. The fourth-order valence-corrected chi connectivity index (χ4v) is 2.48. The third-order valence-electron chi connectivity index (χ3n) is 3.56. The molecule has 0 aliphatic carbocycles. The molecule has 1 aliphatic rings. The highest BCUT2D eigenvalue weighted by Gasteiger charge is 2.15. The number of hydrogen-bond acceptors (Lipinski definition) is 4. The zero-order valence-corrected chi connectivity index (χ0v) is 11.5. The average Bonchev–Trinajstić information content (AvgIpc) is 2.96. The highest BCUT2D eigenvalue weighted by molar-refractivity contribution is 5.93. The average molecular weight is 274 g/mol. The molecule has 0 unspecified atom stereocenters. The Kier molecular flexibility index (Phi) is 3.49. The first-order valence-electron chi connectivity index (χ1n) is 6.92. The van der Waals surface area contributed by atoms with Crippen LogP contribution in [0.25, 0.3) is 0 Å². The first kappa shape index (κ1) is 12.8. The fraction of sp³-hybridized carbons (Fsp3) is 0.538. The Bertz CT molecular complexity index is 614. The summed E-state index contributed by atoms with van der Waals surface area (Å²) in [5.74, 6) is 1.73. The molecule has 0 spiro atoms. The first-order chi connectivity index (χ1) is 9.74. The van der Waals surface area contributed by atoms with Crippen LogP contribution in [0, 0.1) is 0 Å². The van der Waals surface area contributed by atoms with E-state index in [0.29, 0.717) is 12.1 Å². The van der Waals surface area contributed by atoms with Gasteiger partial charge in [-0.25, -0.2) is 0 Å². The van der Waals surface area contributed by atoms with E-state index in [1.165, 1.54) is 12.8 Å². The number of hydrogen-bond donors (Lipinski definition) is 1. The van der Waals surface area contributed by atoms with Crippen molar-refractivity contribution in [2.75, 3.05) is 0 Å². The Morgan fingerprint density at radius 2 is 2.25 bits per heavy atom. The molecular formula is C13H18N6O. The number of nitrogens with zero attached hydrogens (tertiary/aromatic N) is 5. The Morgan fingerprint density at radius 1 is 1.35 bits per heavy atom. The van der Waals surface area contributed by atoms with Gasteiger partial charge in [0.25, 0.3) is 5.91 Å². The molecule has 1 aliphatic heterocycles. The van der Waals surface area contributed by atoms with Crippen molar-refractivity contribution >= 4 is 5.91 Å². The number of carbonyl (C=O) groups excluding carboxylic acids is 1. The van der Waals surface area contributed by atoms with Crippen LogP contribution in [0.3, 0.4) is 0 Å². The van der Waals surface area contributed by atoms with Crippen molar-refractivity contribution in [2.24, 2.45) is 7.05 Å². The van der Waals surface area contributed by atoms with Crippen LogP contribution in [0.4, 0.5) is 0 Å². The molecule has 1 amide bonds. The van der Waals surface area contributed by atoms with Gasteiger partial charge >= 0.3 is 0 Å². The van der Waals surface area contributed by atoms with Crippen LogP contribution in [0.1, 0.15) is 41.3 Å². The van der Waals surface area contributed by atoms with Crippen molar-refractivity contribution < 1.29 is 4.79 Å². The van der Waals surface area contributed by atoms with Crippen molar-refractivity contribution in [2.45, 2.75) is 38.8 Å². The number of amides is 1. The topological polar surface area (TPSA) is 77.6 Å². The minimum Gasteiger partial charge on any atom is -0.345 e. The molecule has 0 bridgehead atoms. The summed E-state index contributed by atoms with van der Waals surface area (Å²) in [4.78, 5) is 12.0. The van der Waals surface area contributed by atoms with E-state index < -0.39 is 0 Å². The van der Waals surface area contributed by atoms with Gasteiger partial charge in [-0.1, -0.05) is 6.42 Å². The minimum atomic E-state index is -0.135. The fourth-order valence-electron chi connectivity index (χ4n) is 2.48. The van der Waals surface area contributed by atoms with E-state index in [0.717, 1.165) is 31.0 Å². The summed E-state index contributed by atoms with van der Waals surface area (Å²) < 4.78 is 3.74. The molecule has 0 saturated heterocycles. The predicted molar refractivity (Wildman–Crippen MR) is 72.0 cm³/mol. The van der Waals surface area contributed by atoms with Gasteiger partial charge in [-0.2, -0.15) is 5.10 Å². The molecule has 3 heterocycles. The van der Waals surface area contributed by atoms with Crippen LogP contribution < -0.4 is 5.32 Å². The predicted octanol–water partition coefficient (Wildman–Crippen LogP) is 0.668. The number of rotatable bonds is 3. The number of fused-ring (bicyclic) bond motifs is 1. The van der Waals surface area contributed by atoms with Gasteiger partial charge in [0.15, 0.2) is 5.82 Å². The Labute approximate surface area is 117 Å². The quantitative estimate of drug-likeness (QED) is 0.892. The molecule has 2 aromatic heterocycles. The molecule has 20 heavy (non-hydrogen) atoms. The summed E-state index contributed by atoms with van der Waals surface area (Å²) >= 11 is 0. The van der Waals surface area contributed by atoms with Crippen LogP contribution in [0.5, 0.6) is 0 Å². The lowest BCUT2D eigenvalue weighted by Crippen LogP contribution is -2.24. The molecule has 0 fully saturated rings. The van der Waals surface area contributed by atoms with Crippen molar-refractivity contribution in [3.05, 3.63) is 29.6 Å². The van der Waals surface area contributed by atoms with Gasteiger partial charge in [0.2, 0.25) is 0 Å². The Balaban J connectivity index is 1.67. The van der Waals surface area contributed by atoms with E-state index in [9.17, 15) is 4.79 Å². The first-order valence-corrected chi connectivity index (χ1v) is 6.92. The smallest absolute Gasteiger partial charge is 0.254 e. The molecule has 0 atom stereocenters. The maximum Gasteiger partial charge on any atom is 0.254 e. The second-order valence-electron chi connectivity index (χ2n) is 5.08. The lowest BCUT2D eigenvalue weighted by molar-refractivity contribution is 0.0949. The molecule has 7 nitrogen and oxygen atoms in total. The molecule has 0 aromatic carbocycles. The Morgan fingerprint density at radius 3 is 3.05 bits per heavy atom. The lowest BCUT2D eigenvalue weighted by Gasteiger charge is -2.07. The monoisotopic (exact) mass is 274 g/mol. The van der Waals surface area contributed by atoms with Gasteiger partial charge in [0.1, 0.15) is 5.82 Å². The van der Waals surface area contributed by atoms with Crippen LogP contribution in [-0.4, -0.2) is 30.5 Å². The minimum absolute atomic E-state index is 0.135. The largest absolute Gasteiger partial charge is 0.345 e. The van der Waals surface area contributed by atoms with Crippen molar-refractivity contribution in [1.82, 2.24) is 29.9 Å². The zero-order chi connectivity index (χ0) is 13.9. The molecule has 106 valence electrons. The highest BCUT2D eigenvalue weighted by Crippen LogP contribution is 2.14. The van der Waals surface area contributed by atoms with E-state index >= 15 is 0 Å². The molecule has 2 aromatic rings. The summed E-state index contributed by atoms with van der Waals surface area (Å²) in [6.45, 7) is 1.35. The van der Waals surface area contributed by atoms with Crippen molar-refractivity contribution in [1.29, 1.82) is 0 Å². The van der Waals surface area contributed by atoms with E-state index in [1.54, 1.807) is 24.1 Å². The van der Waals surface area contributed by atoms with Crippen LogP contribution in [0.2, 0.25) is 0 Å². The van der Waals surface area contributed by atoms with Gasteiger partial charge in [-0.15, -0.1) is 10.2 Å². The molecule has 3 rings (SSSR count). The van der Waals surface area contributed by atoms with E-state index in [1.807, 2.05) is 0 Å². The second-order valence-corrected chi connectivity index (χ2v) is 5.08. The summed E-state index contributed by atoms with van der Waals surface area (Å²) in [6, 6.07) is 0. The van der Waals surface area contributed by atoms with Crippen molar-refractivity contribution in [3.8, 4) is 0 Å². The SMILES string of the molecule is Cn1cc(C(=O)NCc2nnc3n2CCCCC3)cn1. The number of aryl methyl sites for hydroxylation is 2. The normalized spacial score (nSPS) is 14.7. The van der Waals surface area contributed by atoms with E-state index in [4.69, 9.17) is 0 Å². The van der Waals surface area contributed by atoms with E-state index in [2.05, 4.69) is 25.2 Å².